The van der Waals surface area contributed by atoms with Crippen LogP contribution in [0.15, 0.2) is 24.3 Å². The number of nitrogens with one attached hydrogen (secondary N) is 3. The van der Waals surface area contributed by atoms with Gasteiger partial charge in [-0.3, -0.25) is 14.4 Å². The quantitative estimate of drug-likeness (QED) is 0.345. The monoisotopic (exact) mass is 461 g/mol. The average Bonchev–Trinajstić information content (AvgIpc) is 2.59. The summed E-state index contributed by atoms with van der Waals surface area (Å²) in [5, 5.41) is 17.0. The molecule has 1 aromatic rings. The van der Waals surface area contributed by atoms with E-state index in [1.807, 2.05) is 36.4 Å². The first-order valence-electron chi connectivity index (χ1n) is 7.94. The Balaban J connectivity index is 2.64. The van der Waals surface area contributed by atoms with Crippen LogP contribution in [0.4, 0.5) is 5.69 Å². The van der Waals surface area contributed by atoms with Gasteiger partial charge in [0.2, 0.25) is 17.7 Å². The van der Waals surface area contributed by atoms with Gasteiger partial charge in [0, 0.05) is 5.69 Å². The summed E-state index contributed by atoms with van der Waals surface area (Å²) >= 11 is 1.92. The van der Waals surface area contributed by atoms with E-state index in [4.69, 9.17) is 5.11 Å². The van der Waals surface area contributed by atoms with E-state index in [1.54, 1.807) is 31.2 Å². The Bertz CT molecular complexity index is 604. The highest BCUT2D eigenvalue weighted by molar-refractivity contribution is 14.1. The largest absolute Gasteiger partial charge is 0.392 e. The van der Waals surface area contributed by atoms with Crippen LogP contribution in [-0.2, 0) is 21.0 Å². The van der Waals surface area contributed by atoms with Gasteiger partial charge < -0.3 is 21.1 Å². The first kappa shape index (κ1) is 21.4. The fraction of sp³-hybridized carbons (Fsp3) is 0.471. The third kappa shape index (κ3) is 6.99. The molecule has 7 nitrogen and oxygen atoms in total. The van der Waals surface area contributed by atoms with Crippen LogP contribution in [0.25, 0.3) is 0 Å². The van der Waals surface area contributed by atoms with E-state index in [2.05, 4.69) is 16.0 Å². The molecule has 3 amide bonds. The summed E-state index contributed by atoms with van der Waals surface area (Å²) < 4.78 is 0.258. The topological polar surface area (TPSA) is 108 Å². The zero-order valence-corrected chi connectivity index (χ0v) is 16.7. The number of aliphatic hydroxyl groups excluding tert-OH is 1. The number of rotatable bonds is 8. The van der Waals surface area contributed by atoms with Gasteiger partial charge in [-0.2, -0.15) is 0 Å². The van der Waals surface area contributed by atoms with E-state index in [9.17, 15) is 14.4 Å². The maximum Gasteiger partial charge on any atom is 0.246 e. The van der Waals surface area contributed by atoms with Crippen LogP contribution in [0.1, 0.15) is 26.3 Å². The lowest BCUT2D eigenvalue weighted by Gasteiger charge is -2.23. The first-order chi connectivity index (χ1) is 11.8. The molecule has 0 saturated heterocycles. The number of halogens is 1. The fourth-order valence-electron chi connectivity index (χ4n) is 2.06. The number of hydrogen-bond donors (Lipinski definition) is 4. The summed E-state index contributed by atoms with van der Waals surface area (Å²) in [6, 6.07) is 5.30. The predicted octanol–water partition coefficient (Wildman–Crippen LogP) is 1.20. The number of hydrogen-bond acceptors (Lipinski definition) is 4. The molecule has 0 spiro atoms. The van der Waals surface area contributed by atoms with Crippen LogP contribution < -0.4 is 16.0 Å². The highest BCUT2D eigenvalue weighted by atomic mass is 127. The van der Waals surface area contributed by atoms with Crippen molar-refractivity contribution in [2.45, 2.75) is 39.5 Å². The number of benzene rings is 1. The Labute approximate surface area is 161 Å². The molecule has 0 aliphatic carbocycles. The summed E-state index contributed by atoms with van der Waals surface area (Å²) in [6.45, 7) is 5.16. The molecule has 0 heterocycles. The van der Waals surface area contributed by atoms with Crippen LogP contribution in [0.5, 0.6) is 0 Å². The van der Waals surface area contributed by atoms with Crippen LogP contribution in [-0.4, -0.2) is 39.3 Å². The number of amides is 3. The van der Waals surface area contributed by atoms with Gasteiger partial charge in [-0.05, 0) is 30.5 Å². The van der Waals surface area contributed by atoms with Crippen molar-refractivity contribution in [1.82, 2.24) is 10.6 Å². The molecule has 0 unspecified atom stereocenters. The second kappa shape index (κ2) is 10.3. The lowest BCUT2D eigenvalue weighted by molar-refractivity contribution is -0.131. The normalized spacial score (nSPS) is 13.0. The minimum absolute atomic E-state index is 0.0692. The molecular formula is C17H24IN3O4. The molecule has 0 aliphatic rings. The number of alkyl halides is 1. The SMILES string of the molecule is CC(C)[C@H](NC(=O)CI)C(=O)N[C@@H](C)C(=O)Nc1ccc(CO)cc1. The Morgan fingerprint density at radius 1 is 1.04 bits per heavy atom. The second-order valence-electron chi connectivity index (χ2n) is 6.00. The van der Waals surface area contributed by atoms with Crippen molar-refractivity contribution < 1.29 is 19.5 Å². The maximum atomic E-state index is 12.4. The van der Waals surface area contributed by atoms with Crippen molar-refractivity contribution >= 4 is 46.0 Å². The average molecular weight is 461 g/mol. The first-order valence-corrected chi connectivity index (χ1v) is 9.47. The second-order valence-corrected chi connectivity index (χ2v) is 6.76. The molecular weight excluding hydrogens is 437 g/mol. The van der Waals surface area contributed by atoms with Crippen LogP contribution in [0, 0.1) is 5.92 Å². The zero-order valence-electron chi connectivity index (χ0n) is 14.5. The smallest absolute Gasteiger partial charge is 0.246 e. The molecule has 2 atom stereocenters. The van der Waals surface area contributed by atoms with Crippen molar-refractivity contribution in [3.63, 3.8) is 0 Å². The highest BCUT2D eigenvalue weighted by Crippen LogP contribution is 2.10. The van der Waals surface area contributed by atoms with Crippen molar-refractivity contribution in [2.75, 3.05) is 9.74 Å². The van der Waals surface area contributed by atoms with Crippen molar-refractivity contribution in [3.8, 4) is 0 Å². The lowest BCUT2D eigenvalue weighted by atomic mass is 10.0. The summed E-state index contributed by atoms with van der Waals surface area (Å²) in [4.78, 5) is 36.1. The molecule has 8 heteroatoms. The zero-order chi connectivity index (χ0) is 19.0. The van der Waals surface area contributed by atoms with Crippen molar-refractivity contribution in [2.24, 2.45) is 5.92 Å². The van der Waals surface area contributed by atoms with Crippen LogP contribution >= 0.6 is 22.6 Å². The molecule has 0 bridgehead atoms. The van der Waals surface area contributed by atoms with Crippen LogP contribution in [0.2, 0.25) is 0 Å². The number of carbonyl (C=O) groups excluding carboxylic acids is 3. The van der Waals surface area contributed by atoms with Gasteiger partial charge >= 0.3 is 0 Å². The number of aliphatic hydroxyl groups is 1. The van der Waals surface area contributed by atoms with E-state index >= 15 is 0 Å². The van der Waals surface area contributed by atoms with Gasteiger partial charge in [0.15, 0.2) is 0 Å². The van der Waals surface area contributed by atoms with Crippen LogP contribution in [0.3, 0.4) is 0 Å². The molecule has 4 N–H and O–H groups in total. The molecule has 1 rings (SSSR count). The van der Waals surface area contributed by atoms with E-state index < -0.39 is 18.0 Å². The van der Waals surface area contributed by atoms with Crippen molar-refractivity contribution in [3.05, 3.63) is 29.8 Å². The van der Waals surface area contributed by atoms with E-state index in [1.165, 1.54) is 0 Å². The Morgan fingerprint density at radius 3 is 2.12 bits per heavy atom. The Kier molecular flexibility index (Phi) is 8.84. The highest BCUT2D eigenvalue weighted by Gasteiger charge is 2.26. The summed E-state index contributed by atoms with van der Waals surface area (Å²) in [5.74, 6) is -1.09. The number of carbonyl (C=O) groups is 3. The third-order valence-electron chi connectivity index (χ3n) is 3.54. The summed E-state index contributed by atoms with van der Waals surface area (Å²) in [7, 11) is 0. The molecule has 25 heavy (non-hydrogen) atoms. The molecule has 138 valence electrons. The lowest BCUT2D eigenvalue weighted by Crippen LogP contribution is -2.53. The Morgan fingerprint density at radius 2 is 1.64 bits per heavy atom. The molecule has 0 aliphatic heterocycles. The predicted molar refractivity (Wildman–Crippen MR) is 104 cm³/mol. The molecule has 0 saturated carbocycles. The molecule has 0 aromatic heterocycles. The van der Waals surface area contributed by atoms with Gasteiger partial charge in [-0.1, -0.05) is 48.6 Å². The van der Waals surface area contributed by atoms with Crippen molar-refractivity contribution in [1.29, 1.82) is 0 Å². The molecule has 0 radical (unpaired) electrons. The maximum absolute atomic E-state index is 12.4. The van der Waals surface area contributed by atoms with Gasteiger partial charge in [-0.25, -0.2) is 0 Å². The standard InChI is InChI=1S/C17H24IN3O4/c1-10(2)15(21-14(23)8-18)17(25)19-11(3)16(24)20-13-6-4-12(9-22)5-7-13/h4-7,10-11,15,22H,8-9H2,1-3H3,(H,19,25)(H,20,24)(H,21,23)/t11-,15-/m0/s1. The minimum Gasteiger partial charge on any atom is -0.392 e. The van der Waals surface area contributed by atoms with Gasteiger partial charge in [0.1, 0.15) is 12.1 Å². The summed E-state index contributed by atoms with van der Waals surface area (Å²) in [5.41, 5.74) is 1.31. The molecule has 0 fully saturated rings. The van der Waals surface area contributed by atoms with E-state index in [0.717, 1.165) is 5.56 Å². The molecule has 1 aromatic carbocycles. The number of anilines is 1. The Hall–Kier alpha value is -1.68. The van der Waals surface area contributed by atoms with Gasteiger partial charge in [-0.15, -0.1) is 0 Å². The minimum atomic E-state index is -0.761. The summed E-state index contributed by atoms with van der Waals surface area (Å²) in [6.07, 6.45) is 0. The fourth-order valence-corrected chi connectivity index (χ4v) is 2.28. The van der Waals surface area contributed by atoms with E-state index in [0.29, 0.717) is 5.69 Å². The van der Waals surface area contributed by atoms with E-state index in [-0.39, 0.29) is 28.8 Å². The third-order valence-corrected chi connectivity index (χ3v) is 4.24. The van der Waals surface area contributed by atoms with Gasteiger partial charge in [0.25, 0.3) is 0 Å². The van der Waals surface area contributed by atoms with Gasteiger partial charge in [0.05, 0.1) is 11.0 Å².